The van der Waals surface area contributed by atoms with Crippen molar-refractivity contribution in [1.82, 2.24) is 5.32 Å². The van der Waals surface area contributed by atoms with Crippen LogP contribution < -0.4 is 5.32 Å². The van der Waals surface area contributed by atoms with Gasteiger partial charge < -0.3 is 20.6 Å². The molecular formula is C4H14BNO3. The molecule has 0 spiro atoms. The minimum absolute atomic E-state index is 0.139. The van der Waals surface area contributed by atoms with E-state index in [1.165, 1.54) is 0 Å². The molecule has 0 aliphatic heterocycles. The highest BCUT2D eigenvalue weighted by molar-refractivity contribution is 5.95. The zero-order valence-electron chi connectivity index (χ0n) is 5.67. The van der Waals surface area contributed by atoms with E-state index in [9.17, 15) is 0 Å². The minimum atomic E-state index is 0.139. The Morgan fingerprint density at radius 1 is 1.00 bits per heavy atom. The number of nitrogens with one attached hydrogen (secondary N) is 1. The third kappa shape index (κ3) is 18.1. The van der Waals surface area contributed by atoms with E-state index in [0.29, 0.717) is 13.1 Å². The second-order valence-corrected chi connectivity index (χ2v) is 1.20. The zero-order chi connectivity index (χ0) is 7.54. The van der Waals surface area contributed by atoms with E-state index in [1.54, 1.807) is 0 Å². The van der Waals surface area contributed by atoms with E-state index in [0.717, 1.165) is 8.05 Å². The van der Waals surface area contributed by atoms with E-state index in [2.05, 4.69) is 5.32 Å². The second kappa shape index (κ2) is 15.7. The van der Waals surface area contributed by atoms with Crippen molar-refractivity contribution in [1.29, 1.82) is 0 Å². The number of hydrogen-bond acceptors (Lipinski definition) is 4. The summed E-state index contributed by atoms with van der Waals surface area (Å²) in [6, 6.07) is 0. The van der Waals surface area contributed by atoms with Crippen molar-refractivity contribution < 1.29 is 15.2 Å². The van der Waals surface area contributed by atoms with Gasteiger partial charge in [-0.25, -0.2) is 0 Å². The first kappa shape index (κ1) is 11.7. The van der Waals surface area contributed by atoms with Crippen molar-refractivity contribution in [3.05, 3.63) is 0 Å². The second-order valence-electron chi connectivity index (χ2n) is 1.20. The van der Waals surface area contributed by atoms with Crippen LogP contribution in [0.15, 0.2) is 0 Å². The summed E-state index contributed by atoms with van der Waals surface area (Å²) in [5, 5.41) is 26.1. The third-order valence-corrected chi connectivity index (χ3v) is 0.577. The Labute approximate surface area is 56.0 Å². The average molecular weight is 135 g/mol. The summed E-state index contributed by atoms with van der Waals surface area (Å²) in [4.78, 5) is 0. The number of aliphatic hydroxyl groups excluding tert-OH is 2. The summed E-state index contributed by atoms with van der Waals surface area (Å²) >= 11 is 0. The first-order chi connectivity index (χ1) is 4.41. The molecule has 0 saturated heterocycles. The lowest BCUT2D eigenvalue weighted by atomic mass is 10.6. The SMILES string of the molecule is BO.OCCNCCO. The van der Waals surface area contributed by atoms with Crippen LogP contribution >= 0.6 is 0 Å². The van der Waals surface area contributed by atoms with Crippen molar-refractivity contribution in [2.24, 2.45) is 0 Å². The van der Waals surface area contributed by atoms with Crippen molar-refractivity contribution in [2.45, 2.75) is 0 Å². The van der Waals surface area contributed by atoms with Crippen LogP contribution in [0.4, 0.5) is 0 Å². The zero-order valence-corrected chi connectivity index (χ0v) is 5.67. The molecule has 0 aromatic heterocycles. The highest BCUT2D eigenvalue weighted by Gasteiger charge is 1.78. The Bertz CT molecular complexity index is 35.0. The molecule has 56 valence electrons. The van der Waals surface area contributed by atoms with Gasteiger partial charge in [0.25, 0.3) is 8.05 Å². The molecule has 0 saturated carbocycles. The molecule has 4 nitrogen and oxygen atoms in total. The summed E-state index contributed by atoms with van der Waals surface area (Å²) in [5.41, 5.74) is 0. The van der Waals surface area contributed by atoms with Gasteiger partial charge in [-0.1, -0.05) is 0 Å². The van der Waals surface area contributed by atoms with Crippen LogP contribution in [-0.4, -0.2) is 49.6 Å². The van der Waals surface area contributed by atoms with Crippen LogP contribution in [0.2, 0.25) is 0 Å². The van der Waals surface area contributed by atoms with Crippen molar-refractivity contribution in [2.75, 3.05) is 26.3 Å². The first-order valence-electron chi connectivity index (χ1n) is 2.79. The highest BCUT2D eigenvalue weighted by Crippen LogP contribution is 1.54. The lowest BCUT2D eigenvalue weighted by Gasteiger charge is -1.94. The highest BCUT2D eigenvalue weighted by atomic mass is 16.3. The maximum absolute atomic E-state index is 8.15. The lowest BCUT2D eigenvalue weighted by Crippen LogP contribution is -2.21. The molecule has 0 aromatic rings. The van der Waals surface area contributed by atoms with Gasteiger partial charge in [0.15, 0.2) is 0 Å². The van der Waals surface area contributed by atoms with Crippen LogP contribution in [-0.2, 0) is 0 Å². The molecule has 0 aliphatic carbocycles. The van der Waals surface area contributed by atoms with Crippen LogP contribution in [0.1, 0.15) is 0 Å². The first-order valence-corrected chi connectivity index (χ1v) is 2.79. The van der Waals surface area contributed by atoms with E-state index < -0.39 is 0 Å². The molecule has 0 bridgehead atoms. The van der Waals surface area contributed by atoms with E-state index >= 15 is 0 Å². The smallest absolute Gasteiger partial charge is 0.252 e. The molecule has 0 radical (unpaired) electrons. The molecule has 5 heteroatoms. The van der Waals surface area contributed by atoms with Gasteiger partial charge >= 0.3 is 0 Å². The summed E-state index contributed by atoms with van der Waals surface area (Å²) < 4.78 is 0. The predicted molar refractivity (Wildman–Crippen MR) is 37.8 cm³/mol. The fraction of sp³-hybridized carbons (Fsp3) is 1.00. The Morgan fingerprint density at radius 2 is 1.33 bits per heavy atom. The lowest BCUT2D eigenvalue weighted by molar-refractivity contribution is 0.267. The topological polar surface area (TPSA) is 72.7 Å². The summed E-state index contributed by atoms with van der Waals surface area (Å²) in [5.74, 6) is 0. The number of hydrogen-bond donors (Lipinski definition) is 4. The van der Waals surface area contributed by atoms with E-state index in [-0.39, 0.29) is 13.2 Å². The predicted octanol–water partition coefficient (Wildman–Crippen LogP) is -2.91. The molecule has 0 amide bonds. The molecule has 0 unspecified atom stereocenters. The molecule has 0 aromatic carbocycles. The number of aliphatic hydroxyl groups is 2. The Kier molecular flexibility index (Phi) is 20.3. The van der Waals surface area contributed by atoms with Gasteiger partial charge in [-0.05, 0) is 0 Å². The van der Waals surface area contributed by atoms with Crippen LogP contribution in [0, 0.1) is 0 Å². The summed E-state index contributed by atoms with van der Waals surface area (Å²) in [6.07, 6.45) is 0. The Hall–Kier alpha value is -0.0951. The van der Waals surface area contributed by atoms with Crippen LogP contribution in [0.5, 0.6) is 0 Å². The fourth-order valence-corrected chi connectivity index (χ4v) is 0.283. The van der Waals surface area contributed by atoms with Crippen molar-refractivity contribution in [3.63, 3.8) is 0 Å². The van der Waals surface area contributed by atoms with E-state index in [1.807, 2.05) is 0 Å². The molecule has 0 heterocycles. The van der Waals surface area contributed by atoms with Gasteiger partial charge in [0, 0.05) is 13.1 Å². The van der Waals surface area contributed by atoms with Gasteiger partial charge in [-0.15, -0.1) is 0 Å². The fourth-order valence-electron chi connectivity index (χ4n) is 0.283. The van der Waals surface area contributed by atoms with Gasteiger partial charge in [-0.3, -0.25) is 0 Å². The van der Waals surface area contributed by atoms with Gasteiger partial charge in [0.2, 0.25) is 0 Å². The van der Waals surface area contributed by atoms with Gasteiger partial charge in [-0.2, -0.15) is 0 Å². The molecule has 9 heavy (non-hydrogen) atoms. The van der Waals surface area contributed by atoms with Gasteiger partial charge in [0.1, 0.15) is 0 Å². The van der Waals surface area contributed by atoms with E-state index in [4.69, 9.17) is 15.2 Å². The van der Waals surface area contributed by atoms with Crippen molar-refractivity contribution in [3.8, 4) is 0 Å². The maximum atomic E-state index is 8.15. The van der Waals surface area contributed by atoms with Gasteiger partial charge in [0.05, 0.1) is 13.2 Å². The van der Waals surface area contributed by atoms with Crippen molar-refractivity contribution >= 4 is 8.05 Å². The monoisotopic (exact) mass is 135 g/mol. The normalized spacial score (nSPS) is 7.89. The Balaban J connectivity index is 0. The third-order valence-electron chi connectivity index (χ3n) is 0.577. The largest absolute Gasteiger partial charge is 0.458 e. The molecule has 0 aliphatic rings. The molecule has 0 rings (SSSR count). The number of rotatable bonds is 4. The quantitative estimate of drug-likeness (QED) is 0.246. The minimum Gasteiger partial charge on any atom is -0.458 e. The van der Waals surface area contributed by atoms with Crippen LogP contribution in [0.3, 0.4) is 0 Å². The molecular weight excluding hydrogens is 121 g/mol. The standard InChI is InChI=1S/C4H11NO2.BH3O/c6-3-1-5-2-4-7;1-2/h5-7H,1-4H2;2H,1H2. The summed E-state index contributed by atoms with van der Waals surface area (Å²) in [6.45, 7) is 1.42. The summed E-state index contributed by atoms with van der Waals surface area (Å²) in [7, 11) is 1.00. The Morgan fingerprint density at radius 3 is 1.56 bits per heavy atom. The molecule has 0 atom stereocenters. The van der Waals surface area contributed by atoms with Crippen LogP contribution in [0.25, 0.3) is 0 Å². The average Bonchev–Trinajstić information content (AvgIpc) is 1.94. The molecule has 4 N–H and O–H groups in total. The maximum Gasteiger partial charge on any atom is 0.252 e. The molecule has 0 fully saturated rings.